The number of hydrogen-bond acceptors (Lipinski definition) is 4. The number of nitrogens with zero attached hydrogens (tertiary/aromatic N) is 3. The molecule has 0 spiro atoms. The molecule has 0 fully saturated rings. The number of carbonyl (C=O) groups is 1. The van der Waals surface area contributed by atoms with Crippen molar-refractivity contribution in [3.05, 3.63) is 76.5 Å². The van der Waals surface area contributed by atoms with Crippen molar-refractivity contribution in [1.82, 2.24) is 20.4 Å². The fraction of sp³-hybridized carbons (Fsp3) is 0.292. The highest BCUT2D eigenvalue weighted by molar-refractivity contribution is 6.30. The lowest BCUT2D eigenvalue weighted by Gasteiger charge is -2.35. The van der Waals surface area contributed by atoms with E-state index in [2.05, 4.69) is 29.3 Å². The second-order valence-corrected chi connectivity index (χ2v) is 8.64. The molecule has 1 aromatic heterocycles. The molecule has 6 nitrogen and oxygen atoms in total. The summed E-state index contributed by atoms with van der Waals surface area (Å²) in [6.45, 7) is 6.61. The summed E-state index contributed by atoms with van der Waals surface area (Å²) in [7, 11) is 0. The number of amides is 2. The smallest absolute Gasteiger partial charge is 0.322 e. The van der Waals surface area contributed by atoms with Crippen LogP contribution < -0.4 is 5.32 Å². The molecule has 3 aromatic rings. The molecule has 166 valence electrons. The molecular weight excluding hydrogens is 431 g/mol. The van der Waals surface area contributed by atoms with Gasteiger partial charge in [-0.25, -0.2) is 9.18 Å². The Kier molecular flexibility index (Phi) is 6.28. The Hall–Kier alpha value is -3.19. The summed E-state index contributed by atoms with van der Waals surface area (Å²) in [6.07, 6.45) is 0.836. The van der Waals surface area contributed by atoms with Crippen molar-refractivity contribution in [3.63, 3.8) is 0 Å². The maximum absolute atomic E-state index is 14.0. The van der Waals surface area contributed by atoms with Gasteiger partial charge in [0, 0.05) is 22.8 Å². The molecule has 0 radical (unpaired) electrons. The van der Waals surface area contributed by atoms with E-state index in [0.717, 1.165) is 12.0 Å². The van der Waals surface area contributed by atoms with Crippen molar-refractivity contribution in [2.45, 2.75) is 33.2 Å². The average molecular weight is 455 g/mol. The van der Waals surface area contributed by atoms with E-state index in [0.29, 0.717) is 40.1 Å². The first kappa shape index (κ1) is 22.0. The summed E-state index contributed by atoms with van der Waals surface area (Å²) >= 11 is 5.98. The van der Waals surface area contributed by atoms with Crippen molar-refractivity contribution in [2.75, 3.05) is 6.54 Å². The van der Waals surface area contributed by atoms with Crippen LogP contribution in [0, 0.1) is 11.7 Å². The number of aromatic nitrogens is 2. The Labute approximate surface area is 191 Å². The molecule has 1 unspecified atom stereocenters. The molecule has 0 aliphatic carbocycles. The van der Waals surface area contributed by atoms with Crippen molar-refractivity contribution >= 4 is 23.2 Å². The Morgan fingerprint density at radius 1 is 1.22 bits per heavy atom. The van der Waals surface area contributed by atoms with Crippen LogP contribution in [0.2, 0.25) is 5.02 Å². The van der Waals surface area contributed by atoms with E-state index in [9.17, 15) is 9.18 Å². The number of benzene rings is 2. The van der Waals surface area contributed by atoms with Gasteiger partial charge in [-0.05, 0) is 61.2 Å². The van der Waals surface area contributed by atoms with Crippen LogP contribution in [0.5, 0.6) is 0 Å². The van der Waals surface area contributed by atoms with Crippen LogP contribution >= 0.6 is 11.6 Å². The number of nitrogens with one attached hydrogen (secondary N) is 1. The number of rotatable bonds is 6. The van der Waals surface area contributed by atoms with Gasteiger partial charge in [-0.2, -0.15) is 4.98 Å². The highest BCUT2D eigenvalue weighted by Crippen LogP contribution is 2.37. The molecule has 4 rings (SSSR count). The van der Waals surface area contributed by atoms with Gasteiger partial charge in [0.1, 0.15) is 5.82 Å². The van der Waals surface area contributed by atoms with Crippen LogP contribution in [0.25, 0.3) is 17.0 Å². The number of allylic oxidation sites excluding steroid dienone is 1. The van der Waals surface area contributed by atoms with Gasteiger partial charge < -0.3 is 9.84 Å². The van der Waals surface area contributed by atoms with Crippen molar-refractivity contribution < 1.29 is 13.7 Å². The minimum atomic E-state index is -0.619. The Balaban J connectivity index is 1.79. The highest BCUT2D eigenvalue weighted by atomic mass is 35.5. The molecule has 0 saturated heterocycles. The molecule has 0 bridgehead atoms. The van der Waals surface area contributed by atoms with E-state index in [1.54, 1.807) is 41.3 Å². The quantitative estimate of drug-likeness (QED) is 0.490. The third-order valence-corrected chi connectivity index (χ3v) is 5.72. The fourth-order valence-electron chi connectivity index (χ4n) is 3.70. The normalized spacial score (nSPS) is 16.6. The third kappa shape index (κ3) is 4.53. The van der Waals surface area contributed by atoms with Gasteiger partial charge in [-0.3, -0.25) is 4.90 Å². The summed E-state index contributed by atoms with van der Waals surface area (Å²) in [6, 6.07) is 12.4. The second kappa shape index (κ2) is 9.12. The molecule has 1 atom stereocenters. The first-order valence-corrected chi connectivity index (χ1v) is 10.9. The molecule has 1 N–H and O–H groups in total. The average Bonchev–Trinajstić information content (AvgIpc) is 3.23. The summed E-state index contributed by atoms with van der Waals surface area (Å²) in [5.74, 6) is 0.722. The van der Waals surface area contributed by atoms with Crippen LogP contribution in [0.4, 0.5) is 9.18 Å². The second-order valence-electron chi connectivity index (χ2n) is 8.20. The zero-order valence-corrected chi connectivity index (χ0v) is 18.9. The molecular formula is C24H24ClFN4O2. The van der Waals surface area contributed by atoms with Gasteiger partial charge >= 0.3 is 6.03 Å². The minimum absolute atomic E-state index is 0.237. The third-order valence-electron chi connectivity index (χ3n) is 5.47. The van der Waals surface area contributed by atoms with Crippen LogP contribution in [-0.2, 0) is 0 Å². The molecule has 1 aliphatic rings. The van der Waals surface area contributed by atoms with Crippen LogP contribution in [0.15, 0.2) is 58.8 Å². The lowest BCUT2D eigenvalue weighted by molar-refractivity contribution is 0.202. The summed E-state index contributed by atoms with van der Waals surface area (Å²) < 4.78 is 19.6. The molecule has 2 heterocycles. The van der Waals surface area contributed by atoms with E-state index in [1.807, 2.05) is 6.92 Å². The number of carbonyl (C=O) groups excluding carboxylic acids is 1. The maximum Gasteiger partial charge on any atom is 0.322 e. The van der Waals surface area contributed by atoms with Crippen molar-refractivity contribution in [2.24, 2.45) is 5.92 Å². The molecule has 32 heavy (non-hydrogen) atoms. The monoisotopic (exact) mass is 454 g/mol. The highest BCUT2D eigenvalue weighted by Gasteiger charge is 2.35. The summed E-state index contributed by atoms with van der Waals surface area (Å²) in [5, 5.41) is 7.72. The molecule has 2 aromatic carbocycles. The first-order valence-electron chi connectivity index (χ1n) is 10.5. The standard InChI is InChI=1S/C24H24ClFN4O2/c1-14(2)11-12-30-15(3)20(21(27-24(30)31)17-5-4-6-19(26)13-17)23-28-22(29-32-23)16-7-9-18(25)10-8-16/h4-10,13-14,21H,11-12H2,1-3H3,(H,27,31). The van der Waals surface area contributed by atoms with Gasteiger partial charge in [0.15, 0.2) is 0 Å². The SMILES string of the molecule is CC1=C(c2nc(-c3ccc(Cl)cc3)no2)C(c2cccc(F)c2)NC(=O)N1CCC(C)C. The van der Waals surface area contributed by atoms with E-state index in [-0.39, 0.29) is 17.7 Å². The Bertz CT molecular complexity index is 1160. The zero-order chi connectivity index (χ0) is 22.8. The number of hydrogen-bond donors (Lipinski definition) is 1. The van der Waals surface area contributed by atoms with E-state index >= 15 is 0 Å². The Morgan fingerprint density at radius 2 is 1.97 bits per heavy atom. The van der Waals surface area contributed by atoms with Crippen molar-refractivity contribution in [3.8, 4) is 11.4 Å². The summed E-state index contributed by atoms with van der Waals surface area (Å²) in [4.78, 5) is 19.2. The lowest BCUT2D eigenvalue weighted by atomic mass is 9.94. The topological polar surface area (TPSA) is 71.3 Å². The van der Waals surface area contributed by atoms with Gasteiger partial charge in [0.05, 0.1) is 11.6 Å². The Morgan fingerprint density at radius 3 is 2.66 bits per heavy atom. The van der Waals surface area contributed by atoms with Gasteiger partial charge in [-0.1, -0.05) is 42.7 Å². The minimum Gasteiger partial charge on any atom is -0.334 e. The molecule has 1 aliphatic heterocycles. The first-order chi connectivity index (χ1) is 15.3. The van der Waals surface area contributed by atoms with Gasteiger partial charge in [0.25, 0.3) is 5.89 Å². The summed E-state index contributed by atoms with van der Waals surface area (Å²) in [5.41, 5.74) is 2.70. The predicted molar refractivity (Wildman–Crippen MR) is 121 cm³/mol. The van der Waals surface area contributed by atoms with Crippen molar-refractivity contribution in [1.29, 1.82) is 0 Å². The predicted octanol–water partition coefficient (Wildman–Crippen LogP) is 6.07. The fourth-order valence-corrected chi connectivity index (χ4v) is 3.83. The number of halogens is 2. The van der Waals surface area contributed by atoms with Gasteiger partial charge in [-0.15, -0.1) is 0 Å². The lowest BCUT2D eigenvalue weighted by Crippen LogP contribution is -2.46. The molecule has 0 saturated carbocycles. The van der Waals surface area contributed by atoms with Crippen LogP contribution in [0.1, 0.15) is 44.7 Å². The van der Waals surface area contributed by atoms with E-state index in [1.165, 1.54) is 12.1 Å². The molecule has 2 amide bonds. The van der Waals surface area contributed by atoms with E-state index in [4.69, 9.17) is 16.1 Å². The van der Waals surface area contributed by atoms with Gasteiger partial charge in [0.2, 0.25) is 5.82 Å². The maximum atomic E-state index is 14.0. The van der Waals surface area contributed by atoms with E-state index < -0.39 is 6.04 Å². The van der Waals surface area contributed by atoms with Crippen LogP contribution in [-0.4, -0.2) is 27.6 Å². The largest absolute Gasteiger partial charge is 0.334 e. The zero-order valence-electron chi connectivity index (χ0n) is 18.1. The van der Waals surface area contributed by atoms with Crippen LogP contribution in [0.3, 0.4) is 0 Å². The number of urea groups is 1. The molecule has 8 heteroatoms.